The largest absolute Gasteiger partial charge is 0.397 e. The SMILES string of the molecule is Cc1cc2cc3c(N)c(C(=O)Nc4nonc4C)sc3nc2cc1C. The van der Waals surface area contributed by atoms with Crippen LogP contribution in [0.25, 0.3) is 21.1 Å². The smallest absolute Gasteiger partial charge is 0.269 e. The lowest BCUT2D eigenvalue weighted by Crippen LogP contribution is -2.12. The Kier molecular flexibility index (Phi) is 3.43. The van der Waals surface area contributed by atoms with Gasteiger partial charge in [0, 0.05) is 10.8 Å². The van der Waals surface area contributed by atoms with E-state index in [1.165, 1.54) is 22.5 Å². The number of anilines is 2. The molecule has 3 heterocycles. The van der Waals surface area contributed by atoms with Crippen LogP contribution < -0.4 is 11.1 Å². The Balaban J connectivity index is 1.82. The van der Waals surface area contributed by atoms with Gasteiger partial charge in [-0.05, 0) is 55.3 Å². The van der Waals surface area contributed by atoms with E-state index in [-0.39, 0.29) is 11.7 Å². The minimum Gasteiger partial charge on any atom is -0.397 e. The van der Waals surface area contributed by atoms with Crippen molar-refractivity contribution in [3.63, 3.8) is 0 Å². The van der Waals surface area contributed by atoms with E-state index in [0.717, 1.165) is 21.1 Å². The van der Waals surface area contributed by atoms with E-state index >= 15 is 0 Å². The Hall–Kier alpha value is -3.00. The third-order valence-corrected chi connectivity index (χ3v) is 5.33. The third kappa shape index (κ3) is 2.51. The first-order valence-electron chi connectivity index (χ1n) is 7.64. The molecule has 0 spiro atoms. The fraction of sp³-hybridized carbons (Fsp3) is 0.176. The highest BCUT2D eigenvalue weighted by Crippen LogP contribution is 2.35. The molecule has 0 aliphatic carbocycles. The van der Waals surface area contributed by atoms with Gasteiger partial charge in [0.25, 0.3) is 5.91 Å². The predicted octanol–water partition coefficient (Wildman–Crippen LogP) is 3.59. The highest BCUT2D eigenvalue weighted by molar-refractivity contribution is 7.21. The minimum atomic E-state index is -0.351. The van der Waals surface area contributed by atoms with Crippen molar-refractivity contribution in [2.24, 2.45) is 0 Å². The van der Waals surface area contributed by atoms with Crippen LogP contribution in [-0.4, -0.2) is 21.2 Å². The molecule has 25 heavy (non-hydrogen) atoms. The summed E-state index contributed by atoms with van der Waals surface area (Å²) in [6.07, 6.45) is 0. The number of aryl methyl sites for hydroxylation is 3. The standard InChI is InChI=1S/C17H15N5O2S/c1-7-4-10-6-11-13(18)14(16(23)20-15-9(3)21-24-22-15)25-17(11)19-12(10)5-8(7)2/h4-6H,18H2,1-3H3,(H,20,22,23). The number of rotatable bonds is 2. The first-order valence-corrected chi connectivity index (χ1v) is 8.46. The molecule has 0 unspecified atom stereocenters. The van der Waals surface area contributed by atoms with Gasteiger partial charge >= 0.3 is 0 Å². The molecule has 0 fully saturated rings. The summed E-state index contributed by atoms with van der Waals surface area (Å²) in [5.41, 5.74) is 10.4. The first-order chi connectivity index (χ1) is 11.9. The maximum atomic E-state index is 12.5. The molecular formula is C17H15N5O2S. The molecular weight excluding hydrogens is 338 g/mol. The maximum Gasteiger partial charge on any atom is 0.269 e. The quantitative estimate of drug-likeness (QED) is 0.570. The Bertz CT molecular complexity index is 1150. The number of pyridine rings is 1. The second-order valence-corrected chi connectivity index (χ2v) is 6.97. The highest BCUT2D eigenvalue weighted by Gasteiger charge is 2.20. The number of carbonyl (C=O) groups is 1. The van der Waals surface area contributed by atoms with E-state index < -0.39 is 0 Å². The van der Waals surface area contributed by atoms with Crippen LogP contribution in [0.4, 0.5) is 11.5 Å². The van der Waals surface area contributed by atoms with Crippen LogP contribution in [0.3, 0.4) is 0 Å². The Morgan fingerprint density at radius 1 is 1.16 bits per heavy atom. The number of thiophene rings is 1. The van der Waals surface area contributed by atoms with Gasteiger partial charge in [0.1, 0.15) is 15.4 Å². The Morgan fingerprint density at radius 2 is 1.92 bits per heavy atom. The zero-order chi connectivity index (χ0) is 17.7. The van der Waals surface area contributed by atoms with Gasteiger partial charge in [-0.2, -0.15) is 0 Å². The number of amides is 1. The van der Waals surface area contributed by atoms with Crippen molar-refractivity contribution in [1.29, 1.82) is 0 Å². The second-order valence-electron chi connectivity index (χ2n) is 5.97. The summed E-state index contributed by atoms with van der Waals surface area (Å²) >= 11 is 1.26. The third-order valence-electron chi connectivity index (χ3n) is 4.22. The van der Waals surface area contributed by atoms with Crippen LogP contribution in [0.15, 0.2) is 22.8 Å². The number of carbonyl (C=O) groups excluding carboxylic acids is 1. The number of fused-ring (bicyclic) bond motifs is 2. The first kappa shape index (κ1) is 15.5. The molecule has 7 nitrogen and oxygen atoms in total. The van der Waals surface area contributed by atoms with Crippen LogP contribution in [0, 0.1) is 20.8 Å². The van der Waals surface area contributed by atoms with Gasteiger partial charge < -0.3 is 11.1 Å². The number of aromatic nitrogens is 3. The predicted molar refractivity (Wildman–Crippen MR) is 98.0 cm³/mol. The highest BCUT2D eigenvalue weighted by atomic mass is 32.1. The van der Waals surface area contributed by atoms with E-state index in [0.29, 0.717) is 16.3 Å². The number of hydrogen-bond acceptors (Lipinski definition) is 7. The van der Waals surface area contributed by atoms with Crippen molar-refractivity contribution in [3.05, 3.63) is 39.9 Å². The molecule has 0 aliphatic rings. The summed E-state index contributed by atoms with van der Waals surface area (Å²) in [6.45, 7) is 5.80. The molecule has 8 heteroatoms. The van der Waals surface area contributed by atoms with Crippen LogP contribution in [-0.2, 0) is 0 Å². The fourth-order valence-electron chi connectivity index (χ4n) is 2.65. The number of nitrogens with one attached hydrogen (secondary N) is 1. The fourth-order valence-corrected chi connectivity index (χ4v) is 3.63. The van der Waals surface area contributed by atoms with Crippen LogP contribution >= 0.6 is 11.3 Å². The molecule has 0 radical (unpaired) electrons. The van der Waals surface area contributed by atoms with E-state index in [1.54, 1.807) is 6.92 Å². The molecule has 0 atom stereocenters. The average molecular weight is 353 g/mol. The molecule has 4 rings (SSSR count). The monoisotopic (exact) mass is 353 g/mol. The molecule has 1 amide bonds. The summed E-state index contributed by atoms with van der Waals surface area (Å²) in [4.78, 5) is 18.3. The van der Waals surface area contributed by atoms with Crippen molar-refractivity contribution in [1.82, 2.24) is 15.3 Å². The molecule has 126 valence electrons. The number of benzene rings is 1. The summed E-state index contributed by atoms with van der Waals surface area (Å²) in [5, 5.41) is 11.7. The van der Waals surface area contributed by atoms with Crippen molar-refractivity contribution < 1.29 is 9.42 Å². The summed E-state index contributed by atoms with van der Waals surface area (Å²) in [6, 6.07) is 6.11. The van der Waals surface area contributed by atoms with E-state index in [1.807, 2.05) is 12.1 Å². The molecule has 1 aromatic carbocycles. The van der Waals surface area contributed by atoms with E-state index in [9.17, 15) is 4.79 Å². The van der Waals surface area contributed by atoms with Gasteiger partial charge in [0.2, 0.25) is 5.82 Å². The Morgan fingerprint density at radius 3 is 2.64 bits per heavy atom. The second kappa shape index (κ2) is 5.52. The normalized spacial score (nSPS) is 11.3. The topological polar surface area (TPSA) is 107 Å². The summed E-state index contributed by atoms with van der Waals surface area (Å²) < 4.78 is 4.59. The van der Waals surface area contributed by atoms with Crippen molar-refractivity contribution in [3.8, 4) is 0 Å². The summed E-state index contributed by atoms with van der Waals surface area (Å²) in [7, 11) is 0. The van der Waals surface area contributed by atoms with Gasteiger partial charge in [-0.3, -0.25) is 4.79 Å². The van der Waals surface area contributed by atoms with Crippen molar-refractivity contribution in [2.75, 3.05) is 11.1 Å². The van der Waals surface area contributed by atoms with Crippen LogP contribution in [0.1, 0.15) is 26.5 Å². The lowest BCUT2D eigenvalue weighted by Gasteiger charge is -2.03. The minimum absolute atomic E-state index is 0.284. The van der Waals surface area contributed by atoms with Crippen molar-refractivity contribution in [2.45, 2.75) is 20.8 Å². The molecule has 3 aromatic heterocycles. The van der Waals surface area contributed by atoms with Crippen LogP contribution in [0.2, 0.25) is 0 Å². The van der Waals surface area contributed by atoms with Crippen molar-refractivity contribution >= 4 is 49.9 Å². The molecule has 0 saturated carbocycles. The molecule has 0 saturated heterocycles. The molecule has 4 aromatic rings. The van der Waals surface area contributed by atoms with E-state index in [2.05, 4.69) is 45.2 Å². The average Bonchev–Trinajstić information content (AvgIpc) is 3.11. The zero-order valence-corrected chi connectivity index (χ0v) is 14.7. The van der Waals surface area contributed by atoms with Gasteiger partial charge in [0.15, 0.2) is 0 Å². The Labute approximate surface area is 146 Å². The summed E-state index contributed by atoms with van der Waals surface area (Å²) in [5.74, 6) is -0.0676. The van der Waals surface area contributed by atoms with Gasteiger partial charge in [0.05, 0.1) is 11.2 Å². The number of nitrogens with zero attached hydrogens (tertiary/aromatic N) is 3. The zero-order valence-electron chi connectivity index (χ0n) is 13.9. The lowest BCUT2D eigenvalue weighted by atomic mass is 10.1. The van der Waals surface area contributed by atoms with Gasteiger partial charge in [-0.15, -0.1) is 11.3 Å². The van der Waals surface area contributed by atoms with Gasteiger partial charge in [-0.25, -0.2) is 9.61 Å². The van der Waals surface area contributed by atoms with Gasteiger partial charge in [-0.1, -0.05) is 5.16 Å². The number of hydrogen-bond donors (Lipinski definition) is 2. The molecule has 0 aliphatic heterocycles. The van der Waals surface area contributed by atoms with Crippen LogP contribution in [0.5, 0.6) is 0 Å². The lowest BCUT2D eigenvalue weighted by molar-refractivity contribution is 0.103. The molecule has 0 bridgehead atoms. The number of nitrogens with two attached hydrogens (primary N) is 1. The maximum absolute atomic E-state index is 12.5. The molecule has 3 N–H and O–H groups in total. The van der Waals surface area contributed by atoms with E-state index in [4.69, 9.17) is 5.73 Å². The number of nitrogen functional groups attached to an aromatic ring is 1.